The molecule has 64 valence electrons. The summed E-state index contributed by atoms with van der Waals surface area (Å²) >= 11 is 0. The summed E-state index contributed by atoms with van der Waals surface area (Å²) in [7, 11) is 1.43. The van der Waals surface area contributed by atoms with Crippen molar-refractivity contribution in [2.45, 2.75) is 31.7 Å². The molecule has 2 N–H and O–H groups in total. The lowest BCUT2D eigenvalue weighted by Gasteiger charge is -2.24. The number of ether oxygens (including phenoxy) is 1. The van der Waals surface area contributed by atoms with Gasteiger partial charge in [0.25, 0.3) is 0 Å². The molecule has 0 aromatic rings. The standard InChI is InChI=1S/C8H15NO2/c1-11-8(10)6-3-2-4-7(9)5-6/h6-7H,2-5,9H2,1H3/t6-,7-/m1/s1. The van der Waals surface area contributed by atoms with Gasteiger partial charge in [0, 0.05) is 6.04 Å². The smallest absolute Gasteiger partial charge is 0.308 e. The molecule has 3 heteroatoms. The Morgan fingerprint density at radius 1 is 1.55 bits per heavy atom. The molecule has 1 aliphatic carbocycles. The zero-order valence-electron chi connectivity index (χ0n) is 6.88. The Labute approximate surface area is 66.9 Å². The highest BCUT2D eigenvalue weighted by molar-refractivity contribution is 5.72. The third-order valence-corrected chi connectivity index (χ3v) is 2.25. The predicted molar refractivity (Wildman–Crippen MR) is 41.9 cm³/mol. The van der Waals surface area contributed by atoms with Crippen LogP contribution in [0.2, 0.25) is 0 Å². The Bertz CT molecular complexity index is 147. The van der Waals surface area contributed by atoms with Gasteiger partial charge in [-0.3, -0.25) is 4.79 Å². The fourth-order valence-electron chi connectivity index (χ4n) is 1.61. The van der Waals surface area contributed by atoms with Crippen molar-refractivity contribution in [1.82, 2.24) is 0 Å². The van der Waals surface area contributed by atoms with E-state index >= 15 is 0 Å². The highest BCUT2D eigenvalue weighted by Crippen LogP contribution is 2.23. The number of nitrogens with two attached hydrogens (primary N) is 1. The Balaban J connectivity index is 2.39. The van der Waals surface area contributed by atoms with Crippen LogP contribution in [0.3, 0.4) is 0 Å². The van der Waals surface area contributed by atoms with Gasteiger partial charge < -0.3 is 10.5 Å². The largest absolute Gasteiger partial charge is 0.469 e. The summed E-state index contributed by atoms with van der Waals surface area (Å²) in [6.07, 6.45) is 3.85. The Kier molecular flexibility index (Phi) is 2.88. The fourth-order valence-corrected chi connectivity index (χ4v) is 1.61. The molecule has 0 spiro atoms. The van der Waals surface area contributed by atoms with Crippen LogP contribution in [0.25, 0.3) is 0 Å². The zero-order valence-corrected chi connectivity index (χ0v) is 6.88. The minimum absolute atomic E-state index is 0.0590. The molecule has 1 saturated carbocycles. The number of carbonyl (C=O) groups excluding carboxylic acids is 1. The van der Waals surface area contributed by atoms with Gasteiger partial charge in [-0.05, 0) is 19.3 Å². The normalized spacial score (nSPS) is 31.5. The van der Waals surface area contributed by atoms with Crippen molar-refractivity contribution in [3.05, 3.63) is 0 Å². The SMILES string of the molecule is COC(=O)[C@@H]1CCC[C@@H](N)C1. The average Bonchev–Trinajstić information content (AvgIpc) is 2.03. The molecular formula is C8H15NO2. The predicted octanol–water partition coefficient (Wildman–Crippen LogP) is 0.677. The van der Waals surface area contributed by atoms with Crippen LogP contribution in [-0.2, 0) is 9.53 Å². The van der Waals surface area contributed by atoms with Crippen molar-refractivity contribution in [3.8, 4) is 0 Å². The first-order valence-corrected chi connectivity index (χ1v) is 4.07. The summed E-state index contributed by atoms with van der Waals surface area (Å²) in [5.74, 6) is -0.0381. The maximum Gasteiger partial charge on any atom is 0.308 e. The first kappa shape index (κ1) is 8.53. The van der Waals surface area contributed by atoms with Gasteiger partial charge in [-0.1, -0.05) is 6.42 Å². The lowest BCUT2D eigenvalue weighted by atomic mass is 9.86. The summed E-state index contributed by atoms with van der Waals surface area (Å²) in [6.45, 7) is 0. The lowest BCUT2D eigenvalue weighted by molar-refractivity contribution is -0.146. The summed E-state index contributed by atoms with van der Waals surface area (Å²) in [5, 5.41) is 0. The van der Waals surface area contributed by atoms with E-state index in [0.717, 1.165) is 25.7 Å². The number of methoxy groups -OCH3 is 1. The average molecular weight is 157 g/mol. The van der Waals surface area contributed by atoms with Gasteiger partial charge in [-0.25, -0.2) is 0 Å². The van der Waals surface area contributed by atoms with E-state index in [-0.39, 0.29) is 17.9 Å². The molecule has 0 amide bonds. The van der Waals surface area contributed by atoms with Gasteiger partial charge in [-0.15, -0.1) is 0 Å². The summed E-state index contributed by atoms with van der Waals surface area (Å²) in [4.78, 5) is 11.0. The van der Waals surface area contributed by atoms with Crippen molar-refractivity contribution < 1.29 is 9.53 Å². The van der Waals surface area contributed by atoms with Crippen LogP contribution in [0.5, 0.6) is 0 Å². The van der Waals surface area contributed by atoms with Crippen LogP contribution in [0.1, 0.15) is 25.7 Å². The van der Waals surface area contributed by atoms with Gasteiger partial charge in [0.15, 0.2) is 0 Å². The molecular weight excluding hydrogens is 142 g/mol. The molecule has 0 aromatic carbocycles. The molecule has 0 aromatic heterocycles. The Hall–Kier alpha value is -0.570. The molecule has 0 aliphatic heterocycles. The monoisotopic (exact) mass is 157 g/mol. The molecule has 0 radical (unpaired) electrons. The summed E-state index contributed by atoms with van der Waals surface area (Å²) < 4.78 is 4.64. The lowest BCUT2D eigenvalue weighted by Crippen LogP contribution is -2.32. The van der Waals surface area contributed by atoms with Crippen molar-refractivity contribution in [2.75, 3.05) is 7.11 Å². The highest BCUT2D eigenvalue weighted by atomic mass is 16.5. The molecule has 1 rings (SSSR count). The van der Waals surface area contributed by atoms with Crippen molar-refractivity contribution in [2.24, 2.45) is 11.7 Å². The molecule has 1 fully saturated rings. The summed E-state index contributed by atoms with van der Waals surface area (Å²) in [6, 6.07) is 0.202. The number of esters is 1. The molecule has 0 saturated heterocycles. The maximum atomic E-state index is 11.0. The number of hydrogen-bond acceptors (Lipinski definition) is 3. The number of hydrogen-bond donors (Lipinski definition) is 1. The summed E-state index contributed by atoms with van der Waals surface area (Å²) in [5.41, 5.74) is 5.71. The van der Waals surface area contributed by atoms with Crippen LogP contribution in [0, 0.1) is 5.92 Å². The van der Waals surface area contributed by atoms with E-state index in [9.17, 15) is 4.79 Å². The van der Waals surface area contributed by atoms with E-state index in [2.05, 4.69) is 4.74 Å². The van der Waals surface area contributed by atoms with Crippen molar-refractivity contribution >= 4 is 5.97 Å². The second kappa shape index (κ2) is 3.72. The second-order valence-corrected chi connectivity index (χ2v) is 3.15. The third kappa shape index (κ3) is 2.19. The first-order valence-electron chi connectivity index (χ1n) is 4.07. The molecule has 1 aliphatic rings. The fraction of sp³-hybridized carbons (Fsp3) is 0.875. The van der Waals surface area contributed by atoms with Crippen molar-refractivity contribution in [1.29, 1.82) is 0 Å². The van der Waals surface area contributed by atoms with Crippen LogP contribution < -0.4 is 5.73 Å². The topological polar surface area (TPSA) is 52.3 Å². The number of carbonyl (C=O) groups is 1. The Morgan fingerprint density at radius 2 is 2.27 bits per heavy atom. The van der Waals surface area contributed by atoms with Crippen LogP contribution in [0.4, 0.5) is 0 Å². The van der Waals surface area contributed by atoms with Crippen LogP contribution in [0.15, 0.2) is 0 Å². The van der Waals surface area contributed by atoms with E-state index in [0.29, 0.717) is 0 Å². The highest BCUT2D eigenvalue weighted by Gasteiger charge is 2.25. The van der Waals surface area contributed by atoms with Crippen LogP contribution >= 0.6 is 0 Å². The zero-order chi connectivity index (χ0) is 8.27. The van der Waals surface area contributed by atoms with E-state index in [1.165, 1.54) is 7.11 Å². The van der Waals surface area contributed by atoms with Crippen molar-refractivity contribution in [3.63, 3.8) is 0 Å². The van der Waals surface area contributed by atoms with Crippen LogP contribution in [-0.4, -0.2) is 19.1 Å². The van der Waals surface area contributed by atoms with Gasteiger partial charge >= 0.3 is 5.97 Å². The van der Waals surface area contributed by atoms with E-state index < -0.39 is 0 Å². The molecule has 0 bridgehead atoms. The maximum absolute atomic E-state index is 11.0. The molecule has 11 heavy (non-hydrogen) atoms. The minimum Gasteiger partial charge on any atom is -0.469 e. The van der Waals surface area contributed by atoms with E-state index in [1.54, 1.807) is 0 Å². The molecule has 0 heterocycles. The van der Waals surface area contributed by atoms with E-state index in [4.69, 9.17) is 5.73 Å². The number of rotatable bonds is 1. The minimum atomic E-state index is -0.0971. The van der Waals surface area contributed by atoms with Gasteiger partial charge in [-0.2, -0.15) is 0 Å². The second-order valence-electron chi connectivity index (χ2n) is 3.15. The van der Waals surface area contributed by atoms with E-state index in [1.807, 2.05) is 0 Å². The molecule has 2 atom stereocenters. The third-order valence-electron chi connectivity index (χ3n) is 2.25. The Morgan fingerprint density at radius 3 is 2.82 bits per heavy atom. The van der Waals surface area contributed by atoms with Gasteiger partial charge in [0.2, 0.25) is 0 Å². The van der Waals surface area contributed by atoms with Gasteiger partial charge in [0.1, 0.15) is 0 Å². The van der Waals surface area contributed by atoms with Gasteiger partial charge in [0.05, 0.1) is 13.0 Å². The molecule has 3 nitrogen and oxygen atoms in total. The quantitative estimate of drug-likeness (QED) is 0.569. The molecule has 0 unspecified atom stereocenters. The first-order chi connectivity index (χ1) is 5.24.